The second kappa shape index (κ2) is 18.1. The number of ether oxygens (including phenoxy) is 1. The standard InChI is InChI=1S/C21H16FN5O.C20H15F4N5O3S/c22-17-9-13(5-7-16(17)18-11-26-20(24)12-25-18)15-3-1-2-4-19(15)28-21-8-6-14(23)10-27-21;21-15-7-11(1-3-14(15)19-16(9-25)29-18(26)10-27-19)13-4-2-12(20(22,23)24)8-17(13)33(31,32)28-5-6-30/h1-12H,23H2,(H2,24,26);1-4,7-8,10,28,30H,5-6H2,(H2,26,29). The first-order chi connectivity index (χ1) is 29.1. The van der Waals surface area contributed by atoms with Crippen molar-refractivity contribution in [1.82, 2.24) is 29.6 Å². The molecular formula is C41H31F5N10O4S. The van der Waals surface area contributed by atoms with Crippen molar-refractivity contribution in [3.8, 4) is 62.5 Å². The number of nitrogens with one attached hydrogen (secondary N) is 1. The molecule has 0 saturated carbocycles. The molecule has 0 aliphatic rings. The van der Waals surface area contributed by atoms with E-state index in [0.29, 0.717) is 46.3 Å². The molecule has 0 atom stereocenters. The number of para-hydroxylation sites is 1. The summed E-state index contributed by atoms with van der Waals surface area (Å²) < 4.78 is 102. The minimum atomic E-state index is -4.82. The van der Waals surface area contributed by atoms with Gasteiger partial charge in [0.25, 0.3) is 0 Å². The molecule has 61 heavy (non-hydrogen) atoms. The van der Waals surface area contributed by atoms with Gasteiger partial charge in [-0.1, -0.05) is 36.4 Å². The lowest BCUT2D eigenvalue weighted by molar-refractivity contribution is -0.137. The highest BCUT2D eigenvalue weighted by Gasteiger charge is 2.33. The number of aliphatic hydroxyl groups is 1. The van der Waals surface area contributed by atoms with E-state index in [1.54, 1.807) is 36.4 Å². The molecule has 20 heteroatoms. The van der Waals surface area contributed by atoms with Gasteiger partial charge in [0.15, 0.2) is 5.69 Å². The van der Waals surface area contributed by atoms with Crippen LogP contribution < -0.4 is 26.7 Å². The molecule has 0 bridgehead atoms. The molecule has 0 fully saturated rings. The zero-order chi connectivity index (χ0) is 43.9. The fraction of sp³-hybridized carbons (Fsp3) is 0.0732. The van der Waals surface area contributed by atoms with Gasteiger partial charge in [0.1, 0.15) is 40.8 Å². The first-order valence-corrected chi connectivity index (χ1v) is 19.1. The molecule has 0 spiro atoms. The van der Waals surface area contributed by atoms with Crippen molar-refractivity contribution in [3.05, 3.63) is 139 Å². The Bertz CT molecular complexity index is 2860. The Morgan fingerprint density at radius 2 is 1.41 bits per heavy atom. The number of alkyl halides is 3. The van der Waals surface area contributed by atoms with Crippen molar-refractivity contribution in [1.29, 1.82) is 5.26 Å². The zero-order valence-corrected chi connectivity index (χ0v) is 32.1. The fourth-order valence-corrected chi connectivity index (χ4v) is 6.97. The second-order valence-electron chi connectivity index (χ2n) is 12.7. The van der Waals surface area contributed by atoms with Gasteiger partial charge in [0.2, 0.25) is 15.9 Å². The van der Waals surface area contributed by atoms with Gasteiger partial charge in [0, 0.05) is 34.9 Å². The monoisotopic (exact) mass is 854 g/mol. The van der Waals surface area contributed by atoms with Gasteiger partial charge in [-0.05, 0) is 59.7 Å². The number of halogens is 5. The van der Waals surface area contributed by atoms with E-state index in [2.05, 4.69) is 24.9 Å². The Kier molecular flexibility index (Phi) is 12.8. The average molecular weight is 855 g/mol. The predicted octanol–water partition coefficient (Wildman–Crippen LogP) is 6.99. The lowest BCUT2D eigenvalue weighted by atomic mass is 10.00. The average Bonchev–Trinajstić information content (AvgIpc) is 3.24. The van der Waals surface area contributed by atoms with E-state index in [-0.39, 0.29) is 39.7 Å². The number of nitriles is 1. The maximum Gasteiger partial charge on any atom is 0.416 e. The van der Waals surface area contributed by atoms with Crippen molar-refractivity contribution in [2.75, 3.05) is 30.4 Å². The highest BCUT2D eigenvalue weighted by molar-refractivity contribution is 7.89. The third-order valence-corrected chi connectivity index (χ3v) is 10.0. The quantitative estimate of drug-likeness (QED) is 0.0872. The molecule has 4 aromatic carbocycles. The molecule has 0 aliphatic carbocycles. The lowest BCUT2D eigenvalue weighted by Crippen LogP contribution is -2.27. The van der Waals surface area contributed by atoms with E-state index in [9.17, 15) is 35.6 Å². The minimum absolute atomic E-state index is 0.0451. The number of nitrogen functional groups attached to an aromatic ring is 3. The maximum atomic E-state index is 15.0. The third kappa shape index (κ3) is 10.2. The summed E-state index contributed by atoms with van der Waals surface area (Å²) in [4.78, 5) is 19.1. The largest absolute Gasteiger partial charge is 0.438 e. The summed E-state index contributed by atoms with van der Waals surface area (Å²) in [5, 5.41) is 18.1. The van der Waals surface area contributed by atoms with Crippen LogP contribution in [0.2, 0.25) is 0 Å². The highest BCUT2D eigenvalue weighted by Crippen LogP contribution is 2.38. The number of nitrogens with two attached hydrogens (primary N) is 3. The van der Waals surface area contributed by atoms with Crippen molar-refractivity contribution >= 4 is 27.3 Å². The molecule has 7 aromatic rings. The van der Waals surface area contributed by atoms with Crippen LogP contribution in [-0.4, -0.2) is 51.6 Å². The third-order valence-electron chi connectivity index (χ3n) is 8.52. The van der Waals surface area contributed by atoms with Crippen LogP contribution in [0.4, 0.5) is 39.3 Å². The smallest absolute Gasteiger partial charge is 0.416 e. The van der Waals surface area contributed by atoms with Gasteiger partial charge >= 0.3 is 6.18 Å². The molecular weight excluding hydrogens is 824 g/mol. The Hall–Kier alpha value is -7.60. The topological polar surface area (TPSA) is 242 Å². The number of anilines is 3. The molecule has 7 rings (SSSR count). The first kappa shape index (κ1) is 43.0. The number of aliphatic hydroxyl groups excluding tert-OH is 1. The summed E-state index contributed by atoms with van der Waals surface area (Å²) in [5.74, 6) is -0.160. The Balaban J connectivity index is 0.000000206. The maximum absolute atomic E-state index is 15.0. The summed E-state index contributed by atoms with van der Waals surface area (Å²) in [5.41, 5.74) is 17.4. The SMILES string of the molecule is N#Cc1nc(N)cnc1-c1ccc(-c2ccc(C(F)(F)F)cc2S(=O)(=O)NCCO)cc1F.Nc1ccc(Oc2ccccc2-c2ccc(-c3cnc(N)cn3)c(F)c2)nc1. The number of rotatable bonds is 10. The number of sulfonamides is 1. The van der Waals surface area contributed by atoms with Gasteiger partial charge in [-0.3, -0.25) is 4.98 Å². The molecule has 8 N–H and O–H groups in total. The number of pyridine rings is 1. The Morgan fingerprint density at radius 1 is 0.738 bits per heavy atom. The second-order valence-corrected chi connectivity index (χ2v) is 14.4. The van der Waals surface area contributed by atoms with E-state index in [4.69, 9.17) is 27.0 Å². The summed E-state index contributed by atoms with van der Waals surface area (Å²) >= 11 is 0. The molecule has 0 unspecified atom stereocenters. The number of benzene rings is 4. The van der Waals surface area contributed by atoms with Crippen LogP contribution in [-0.2, 0) is 16.2 Å². The molecule has 0 radical (unpaired) electrons. The summed E-state index contributed by atoms with van der Waals surface area (Å²) in [6.45, 7) is -1.02. The summed E-state index contributed by atoms with van der Waals surface area (Å²) in [6.07, 6.45) is 0.649. The van der Waals surface area contributed by atoms with Gasteiger partial charge in [0.05, 0.1) is 53.2 Å². The molecule has 310 valence electrons. The van der Waals surface area contributed by atoms with Gasteiger partial charge in [-0.25, -0.2) is 41.9 Å². The minimum Gasteiger partial charge on any atom is -0.438 e. The zero-order valence-electron chi connectivity index (χ0n) is 31.3. The van der Waals surface area contributed by atoms with E-state index in [1.807, 2.05) is 22.9 Å². The van der Waals surface area contributed by atoms with Gasteiger partial charge in [-0.2, -0.15) is 18.4 Å². The summed E-state index contributed by atoms with van der Waals surface area (Å²) in [6, 6.07) is 22.7. The van der Waals surface area contributed by atoms with Crippen LogP contribution in [0.3, 0.4) is 0 Å². The molecule has 14 nitrogen and oxygen atoms in total. The normalized spacial score (nSPS) is 11.3. The van der Waals surface area contributed by atoms with Gasteiger partial charge < -0.3 is 27.0 Å². The van der Waals surface area contributed by atoms with Crippen LogP contribution in [0.15, 0.2) is 121 Å². The van der Waals surface area contributed by atoms with E-state index in [1.165, 1.54) is 36.8 Å². The van der Waals surface area contributed by atoms with Crippen molar-refractivity contribution in [2.24, 2.45) is 0 Å². The van der Waals surface area contributed by atoms with Crippen molar-refractivity contribution < 1.29 is 40.2 Å². The van der Waals surface area contributed by atoms with Gasteiger partial charge in [-0.15, -0.1) is 0 Å². The van der Waals surface area contributed by atoms with E-state index in [0.717, 1.165) is 23.9 Å². The molecule has 3 heterocycles. The Morgan fingerprint density at radius 3 is 2.03 bits per heavy atom. The molecule has 0 saturated heterocycles. The van der Waals surface area contributed by atoms with Crippen LogP contribution in [0.1, 0.15) is 11.3 Å². The van der Waals surface area contributed by atoms with E-state index < -0.39 is 51.4 Å². The van der Waals surface area contributed by atoms with Crippen LogP contribution in [0, 0.1) is 23.0 Å². The Labute approximate surface area is 344 Å². The highest BCUT2D eigenvalue weighted by atomic mass is 32.2. The molecule has 0 amide bonds. The van der Waals surface area contributed by atoms with E-state index >= 15 is 0 Å². The number of hydrogen-bond donors (Lipinski definition) is 5. The number of nitrogens with zero attached hydrogens (tertiary/aromatic N) is 6. The predicted molar refractivity (Wildman–Crippen MR) is 215 cm³/mol. The van der Waals surface area contributed by atoms with Crippen LogP contribution in [0.25, 0.3) is 44.8 Å². The summed E-state index contributed by atoms with van der Waals surface area (Å²) in [7, 11) is -4.49. The fourth-order valence-electron chi connectivity index (χ4n) is 5.70. The number of hydrogen-bond acceptors (Lipinski definition) is 13. The number of aromatic nitrogens is 5. The van der Waals surface area contributed by atoms with Crippen molar-refractivity contribution in [2.45, 2.75) is 11.1 Å². The molecule has 3 aromatic heterocycles. The van der Waals surface area contributed by atoms with Crippen molar-refractivity contribution in [3.63, 3.8) is 0 Å². The molecule has 0 aliphatic heterocycles. The lowest BCUT2D eigenvalue weighted by Gasteiger charge is -2.15. The van der Waals surface area contributed by atoms with Crippen LogP contribution in [0.5, 0.6) is 11.6 Å². The first-order valence-electron chi connectivity index (χ1n) is 17.6. The van der Waals surface area contributed by atoms with Crippen LogP contribution >= 0.6 is 0 Å².